The molecule has 0 aliphatic heterocycles. The third-order valence-corrected chi connectivity index (χ3v) is 20.0. The minimum Gasteiger partial charge on any atom is -0.311 e. The Bertz CT molecular complexity index is 3140. The summed E-state index contributed by atoms with van der Waals surface area (Å²) in [6.45, 7) is 8.83. The Balaban J connectivity index is 1.07. The van der Waals surface area contributed by atoms with Gasteiger partial charge in [-0.2, -0.15) is 0 Å². The molecule has 0 aliphatic rings. The molecular formula is C68H60Br2N2Si. The average Bonchev–Trinajstić information content (AvgIpc) is 3.43. The Kier molecular flexibility index (Phi) is 15.2. The second-order valence-corrected chi connectivity index (χ2v) is 24.8. The van der Waals surface area contributed by atoms with E-state index in [1.54, 1.807) is 0 Å². The summed E-state index contributed by atoms with van der Waals surface area (Å²) < 4.78 is 2.10. The summed E-state index contributed by atoms with van der Waals surface area (Å²) in [4.78, 5) is 4.74. The van der Waals surface area contributed by atoms with Crippen molar-refractivity contribution in [1.29, 1.82) is 0 Å². The molecule has 0 fully saturated rings. The van der Waals surface area contributed by atoms with Crippen molar-refractivity contribution in [3.63, 3.8) is 0 Å². The molecule has 0 unspecified atom stereocenters. The van der Waals surface area contributed by atoms with E-state index in [0.29, 0.717) is 0 Å². The van der Waals surface area contributed by atoms with E-state index in [0.717, 1.165) is 68.8 Å². The molecule has 0 saturated carbocycles. The summed E-state index contributed by atoms with van der Waals surface area (Å²) in [6, 6.07) is 90.9. The normalized spacial score (nSPS) is 11.4. The maximum atomic E-state index is 3.70. The van der Waals surface area contributed by atoms with Gasteiger partial charge in [0.25, 0.3) is 0 Å². The molecule has 0 spiro atoms. The van der Waals surface area contributed by atoms with E-state index in [4.69, 9.17) is 0 Å². The van der Waals surface area contributed by atoms with Crippen LogP contribution in [-0.4, -0.2) is 8.07 Å². The molecule has 0 bridgehead atoms. The lowest BCUT2D eigenvalue weighted by atomic mass is 10.0. The van der Waals surface area contributed by atoms with Crippen molar-refractivity contribution in [3.8, 4) is 22.3 Å². The van der Waals surface area contributed by atoms with Crippen LogP contribution in [0.3, 0.4) is 0 Å². The Morgan fingerprint density at radius 3 is 0.767 bits per heavy atom. The average molecular weight is 1090 g/mol. The topological polar surface area (TPSA) is 6.48 Å². The number of rotatable bonds is 16. The van der Waals surface area contributed by atoms with Gasteiger partial charge in [-0.1, -0.05) is 215 Å². The fraction of sp³-hybridized carbons (Fsp3) is 0.118. The van der Waals surface area contributed by atoms with E-state index in [1.165, 1.54) is 65.3 Å². The number of halogens is 2. The van der Waals surface area contributed by atoms with E-state index in [-0.39, 0.29) is 0 Å². The summed E-state index contributed by atoms with van der Waals surface area (Å²) in [5, 5.41) is 5.32. The lowest BCUT2D eigenvalue weighted by Gasteiger charge is -2.35. The second kappa shape index (κ2) is 22.4. The summed E-state index contributed by atoms with van der Waals surface area (Å²) in [6.07, 6.45) is 4.50. The van der Waals surface area contributed by atoms with Gasteiger partial charge < -0.3 is 9.80 Å². The van der Waals surface area contributed by atoms with Gasteiger partial charge in [0.1, 0.15) is 0 Å². The monoisotopic (exact) mass is 1090 g/mol. The summed E-state index contributed by atoms with van der Waals surface area (Å²) in [5.74, 6) is 0. The number of hydrogen-bond acceptors (Lipinski definition) is 2. The molecule has 10 aromatic carbocycles. The van der Waals surface area contributed by atoms with Gasteiger partial charge in [-0.15, -0.1) is 0 Å². The number of benzene rings is 10. The molecule has 360 valence electrons. The van der Waals surface area contributed by atoms with Crippen LogP contribution in [0.4, 0.5) is 34.1 Å². The van der Waals surface area contributed by atoms with Crippen molar-refractivity contribution in [2.24, 2.45) is 0 Å². The van der Waals surface area contributed by atoms with Gasteiger partial charge in [0.15, 0.2) is 8.07 Å². The molecule has 73 heavy (non-hydrogen) atoms. The number of aryl methyl sites for hydroxylation is 4. The number of hydrogen-bond donors (Lipinski definition) is 0. The van der Waals surface area contributed by atoms with Crippen LogP contribution in [0.1, 0.15) is 48.9 Å². The van der Waals surface area contributed by atoms with E-state index in [9.17, 15) is 0 Å². The van der Waals surface area contributed by atoms with Crippen LogP contribution in [-0.2, 0) is 12.8 Å². The maximum absolute atomic E-state index is 3.70. The molecular weight excluding hydrogens is 1030 g/mol. The molecule has 5 heteroatoms. The molecule has 2 nitrogen and oxygen atoms in total. The Hall–Kier alpha value is -7.02. The van der Waals surface area contributed by atoms with Crippen molar-refractivity contribution in [1.82, 2.24) is 0 Å². The van der Waals surface area contributed by atoms with E-state index in [1.807, 2.05) is 0 Å². The third-order valence-electron chi connectivity index (χ3n) is 14.2. The zero-order valence-electron chi connectivity index (χ0n) is 42.1. The first-order chi connectivity index (χ1) is 35.7. The predicted octanol–water partition coefficient (Wildman–Crippen LogP) is 17.4. The van der Waals surface area contributed by atoms with Gasteiger partial charge in [-0.05, 0) is 178 Å². The highest BCUT2D eigenvalue weighted by atomic mass is 79.9. The highest BCUT2D eigenvalue weighted by molar-refractivity contribution is 9.10. The first kappa shape index (κ1) is 49.6. The summed E-state index contributed by atoms with van der Waals surface area (Å²) in [5.41, 5.74) is 16.7. The van der Waals surface area contributed by atoms with Gasteiger partial charge >= 0.3 is 0 Å². The predicted molar refractivity (Wildman–Crippen MR) is 323 cm³/mol. The Morgan fingerprint density at radius 2 is 0.507 bits per heavy atom. The lowest BCUT2D eigenvalue weighted by molar-refractivity contribution is 0.922. The Labute approximate surface area is 451 Å². The van der Waals surface area contributed by atoms with E-state index < -0.39 is 8.07 Å². The molecule has 0 aliphatic carbocycles. The third kappa shape index (κ3) is 10.7. The van der Waals surface area contributed by atoms with Gasteiger partial charge in [0.2, 0.25) is 0 Å². The quantitative estimate of drug-likeness (QED) is 0.0703. The lowest BCUT2D eigenvalue weighted by Crippen LogP contribution is -2.74. The SMILES string of the molecule is CCCc1ccc(-c2ccc(N(c3ccc(Br)cc3)c3ccc([Si](c4ccc(C)cc4)(c4ccc(C)cc4)c4ccc(N(c5ccc(Br)cc5)c5ccc(-c6ccc(CCC)cc6)cc5)cc4)cc3)cc2)cc1. The molecule has 0 radical (unpaired) electrons. The first-order valence-electron chi connectivity index (χ1n) is 25.6. The molecule has 0 heterocycles. The maximum Gasteiger partial charge on any atom is 0.179 e. The molecule has 10 aromatic rings. The molecule has 10 rings (SSSR count). The second-order valence-electron chi connectivity index (χ2n) is 19.2. The van der Waals surface area contributed by atoms with E-state index >= 15 is 0 Å². The molecule has 0 saturated heterocycles. The zero-order chi connectivity index (χ0) is 50.3. The largest absolute Gasteiger partial charge is 0.311 e. The Morgan fingerprint density at radius 1 is 0.288 bits per heavy atom. The van der Waals surface area contributed by atoms with Gasteiger partial charge in [-0.3, -0.25) is 0 Å². The minimum atomic E-state index is -2.95. The molecule has 0 amide bonds. The van der Waals surface area contributed by atoms with Crippen LogP contribution in [0.15, 0.2) is 252 Å². The van der Waals surface area contributed by atoms with Crippen molar-refractivity contribution >= 4 is 94.8 Å². The van der Waals surface area contributed by atoms with Crippen molar-refractivity contribution in [2.75, 3.05) is 9.80 Å². The smallest absolute Gasteiger partial charge is 0.179 e. The highest BCUT2D eigenvalue weighted by Crippen LogP contribution is 2.38. The van der Waals surface area contributed by atoms with Crippen molar-refractivity contribution < 1.29 is 0 Å². The number of nitrogens with zero attached hydrogens (tertiary/aromatic N) is 2. The standard InChI is InChI=1S/C68H60Br2N2Si/c1-5-7-51-13-17-53(18-14-51)55-21-29-59(30-22-55)71(61-33-25-57(69)26-34-61)63-37-45-67(46-38-63)73(65-41-9-49(3)10-42-65,66-43-11-50(4)12-44-66)68-47-39-64(40-48-68)72(62-35-27-58(70)28-36-62)60-31-23-56(24-32-60)54-19-15-52(8-6-2)16-20-54/h9-48H,5-8H2,1-4H3. The first-order valence-corrected chi connectivity index (χ1v) is 29.1. The van der Waals surface area contributed by atoms with Gasteiger partial charge in [-0.25, -0.2) is 0 Å². The van der Waals surface area contributed by atoms with E-state index in [2.05, 4.69) is 312 Å². The van der Waals surface area contributed by atoms with Gasteiger partial charge in [0, 0.05) is 43.1 Å². The fourth-order valence-electron chi connectivity index (χ4n) is 10.3. The van der Waals surface area contributed by atoms with Crippen LogP contribution in [0.5, 0.6) is 0 Å². The molecule has 0 aromatic heterocycles. The van der Waals surface area contributed by atoms with Crippen molar-refractivity contribution in [3.05, 3.63) is 274 Å². The molecule has 0 N–H and O–H groups in total. The molecule has 0 atom stereocenters. The highest BCUT2D eigenvalue weighted by Gasteiger charge is 2.41. The van der Waals surface area contributed by atoms with Crippen LogP contribution >= 0.6 is 31.9 Å². The van der Waals surface area contributed by atoms with Crippen LogP contribution in [0.25, 0.3) is 22.3 Å². The fourth-order valence-corrected chi connectivity index (χ4v) is 15.5. The summed E-state index contributed by atoms with van der Waals surface area (Å²) in [7, 11) is -2.95. The summed E-state index contributed by atoms with van der Waals surface area (Å²) >= 11 is 7.40. The minimum absolute atomic E-state index is 1.05. The van der Waals surface area contributed by atoms with Crippen LogP contribution in [0.2, 0.25) is 0 Å². The van der Waals surface area contributed by atoms with Crippen LogP contribution in [0, 0.1) is 13.8 Å². The zero-order valence-corrected chi connectivity index (χ0v) is 46.2. The van der Waals surface area contributed by atoms with Crippen molar-refractivity contribution in [2.45, 2.75) is 53.4 Å². The van der Waals surface area contributed by atoms with Crippen LogP contribution < -0.4 is 30.5 Å². The van der Waals surface area contributed by atoms with Gasteiger partial charge in [0.05, 0.1) is 0 Å². The number of anilines is 6.